The highest BCUT2D eigenvalue weighted by Gasteiger charge is 2.15. The van der Waals surface area contributed by atoms with Gasteiger partial charge in [-0.05, 0) is 17.5 Å². The zero-order valence-electron chi connectivity index (χ0n) is 20.4. The maximum Gasteiger partial charge on any atom is 0.306 e. The Morgan fingerprint density at radius 1 is 0.667 bits per heavy atom. The summed E-state index contributed by atoms with van der Waals surface area (Å²) in [4.78, 5) is 12.4. The Kier molecular flexibility index (Phi) is 15.0. The molecule has 0 spiro atoms. The molecule has 182 valence electrons. The fraction of sp³-hybridized carbons (Fsp3) is 0.552. The SMILES string of the molecule is CCCCCCCCCCCC(=O)OC(COCc1ccccc1)COCc1ccccc1. The van der Waals surface area contributed by atoms with Gasteiger partial charge in [-0.2, -0.15) is 0 Å². The van der Waals surface area contributed by atoms with Crippen molar-refractivity contribution in [1.29, 1.82) is 0 Å². The molecule has 2 rings (SSSR count). The largest absolute Gasteiger partial charge is 0.457 e. The lowest BCUT2D eigenvalue weighted by molar-refractivity contribution is -0.157. The number of carbonyl (C=O) groups is 1. The predicted molar refractivity (Wildman–Crippen MR) is 134 cm³/mol. The van der Waals surface area contributed by atoms with Crippen LogP contribution in [0.2, 0.25) is 0 Å². The fourth-order valence-electron chi connectivity index (χ4n) is 3.71. The third-order valence-electron chi connectivity index (χ3n) is 5.61. The van der Waals surface area contributed by atoms with Gasteiger partial charge in [-0.15, -0.1) is 0 Å². The van der Waals surface area contributed by atoms with E-state index >= 15 is 0 Å². The second kappa shape index (κ2) is 18.3. The van der Waals surface area contributed by atoms with Crippen LogP contribution in [0.1, 0.15) is 82.3 Å². The van der Waals surface area contributed by atoms with Crippen LogP contribution in [0.25, 0.3) is 0 Å². The highest BCUT2D eigenvalue weighted by Crippen LogP contribution is 2.12. The van der Waals surface area contributed by atoms with E-state index in [1.165, 1.54) is 44.9 Å². The molecule has 0 unspecified atom stereocenters. The third kappa shape index (κ3) is 13.9. The molecular weight excluding hydrogens is 412 g/mol. The summed E-state index contributed by atoms with van der Waals surface area (Å²) < 4.78 is 17.4. The number of ether oxygens (including phenoxy) is 3. The van der Waals surface area contributed by atoms with Crippen molar-refractivity contribution in [3.8, 4) is 0 Å². The number of benzene rings is 2. The van der Waals surface area contributed by atoms with E-state index in [0.29, 0.717) is 32.8 Å². The molecule has 0 N–H and O–H groups in total. The zero-order valence-corrected chi connectivity index (χ0v) is 20.4. The number of esters is 1. The van der Waals surface area contributed by atoms with Gasteiger partial charge in [0.2, 0.25) is 0 Å². The minimum absolute atomic E-state index is 0.158. The van der Waals surface area contributed by atoms with E-state index in [9.17, 15) is 4.79 Å². The summed E-state index contributed by atoms with van der Waals surface area (Å²) in [6, 6.07) is 20.0. The lowest BCUT2D eigenvalue weighted by atomic mass is 10.1. The van der Waals surface area contributed by atoms with Crippen LogP contribution in [-0.2, 0) is 32.2 Å². The molecule has 4 heteroatoms. The van der Waals surface area contributed by atoms with Crippen molar-refractivity contribution in [2.24, 2.45) is 0 Å². The van der Waals surface area contributed by atoms with Gasteiger partial charge in [0.1, 0.15) is 6.10 Å². The Bertz CT molecular complexity index is 671. The second-order valence-electron chi connectivity index (χ2n) is 8.69. The average Bonchev–Trinajstić information content (AvgIpc) is 2.84. The van der Waals surface area contributed by atoms with Crippen LogP contribution in [0.3, 0.4) is 0 Å². The average molecular weight is 455 g/mol. The fourth-order valence-corrected chi connectivity index (χ4v) is 3.71. The molecule has 2 aromatic rings. The third-order valence-corrected chi connectivity index (χ3v) is 5.61. The molecular formula is C29H42O4. The molecule has 0 radical (unpaired) electrons. The van der Waals surface area contributed by atoms with Gasteiger partial charge in [0.25, 0.3) is 0 Å². The van der Waals surface area contributed by atoms with Crippen molar-refractivity contribution in [3.63, 3.8) is 0 Å². The summed E-state index contributed by atoms with van der Waals surface area (Å²) in [6.07, 6.45) is 11.1. The van der Waals surface area contributed by atoms with Crippen molar-refractivity contribution in [1.82, 2.24) is 0 Å². The van der Waals surface area contributed by atoms with Crippen molar-refractivity contribution < 1.29 is 19.0 Å². The van der Waals surface area contributed by atoms with E-state index in [4.69, 9.17) is 14.2 Å². The lowest BCUT2D eigenvalue weighted by Crippen LogP contribution is -2.28. The maximum absolute atomic E-state index is 12.4. The monoisotopic (exact) mass is 454 g/mol. The van der Waals surface area contributed by atoms with Crippen molar-refractivity contribution >= 4 is 5.97 Å². The first-order chi connectivity index (χ1) is 16.3. The number of carbonyl (C=O) groups excluding carboxylic acids is 1. The Labute approximate surface area is 200 Å². The number of hydrogen-bond acceptors (Lipinski definition) is 4. The Morgan fingerprint density at radius 3 is 1.61 bits per heavy atom. The van der Waals surface area contributed by atoms with Crippen LogP contribution >= 0.6 is 0 Å². The molecule has 0 atom stereocenters. The molecule has 0 saturated heterocycles. The molecule has 0 aromatic heterocycles. The Hall–Kier alpha value is -2.17. The molecule has 0 aliphatic rings. The van der Waals surface area contributed by atoms with Gasteiger partial charge in [0, 0.05) is 6.42 Å². The van der Waals surface area contributed by atoms with Gasteiger partial charge in [-0.3, -0.25) is 4.79 Å². The van der Waals surface area contributed by atoms with E-state index in [1.54, 1.807) is 0 Å². The number of unbranched alkanes of at least 4 members (excludes halogenated alkanes) is 8. The van der Waals surface area contributed by atoms with Crippen molar-refractivity contribution in [3.05, 3.63) is 71.8 Å². The van der Waals surface area contributed by atoms with Crippen LogP contribution in [0.5, 0.6) is 0 Å². The first-order valence-corrected chi connectivity index (χ1v) is 12.7. The number of hydrogen-bond donors (Lipinski definition) is 0. The van der Waals surface area contributed by atoms with Gasteiger partial charge in [-0.1, -0.05) is 119 Å². The summed E-state index contributed by atoms with van der Waals surface area (Å²) in [7, 11) is 0. The first kappa shape index (κ1) is 27.1. The standard InChI is InChI=1S/C29H42O4/c1-2-3-4-5-6-7-8-9-16-21-29(30)33-28(24-31-22-26-17-12-10-13-18-26)25-32-23-27-19-14-11-15-20-27/h10-15,17-20,28H,2-9,16,21-25H2,1H3. The van der Waals surface area contributed by atoms with E-state index in [1.807, 2.05) is 60.7 Å². The van der Waals surface area contributed by atoms with Gasteiger partial charge >= 0.3 is 5.97 Å². The van der Waals surface area contributed by atoms with Gasteiger partial charge in [0.15, 0.2) is 0 Å². The molecule has 33 heavy (non-hydrogen) atoms. The van der Waals surface area contributed by atoms with Crippen LogP contribution in [-0.4, -0.2) is 25.3 Å². The number of rotatable bonds is 19. The molecule has 2 aromatic carbocycles. The second-order valence-corrected chi connectivity index (χ2v) is 8.69. The predicted octanol–water partition coefficient (Wildman–Crippen LogP) is 7.25. The van der Waals surface area contributed by atoms with Gasteiger partial charge < -0.3 is 14.2 Å². The molecule has 0 bridgehead atoms. The zero-order chi connectivity index (χ0) is 23.4. The van der Waals surface area contributed by atoms with Gasteiger partial charge in [-0.25, -0.2) is 0 Å². The lowest BCUT2D eigenvalue weighted by Gasteiger charge is -2.18. The Balaban J connectivity index is 1.66. The molecule has 0 saturated carbocycles. The summed E-state index contributed by atoms with van der Waals surface area (Å²) in [5, 5.41) is 0. The molecule has 0 amide bonds. The maximum atomic E-state index is 12.4. The van der Waals surface area contributed by atoms with E-state index < -0.39 is 6.10 Å². The van der Waals surface area contributed by atoms with Crippen LogP contribution < -0.4 is 0 Å². The summed E-state index contributed by atoms with van der Waals surface area (Å²) in [6.45, 7) is 3.88. The summed E-state index contributed by atoms with van der Waals surface area (Å²) in [5.41, 5.74) is 2.20. The van der Waals surface area contributed by atoms with Crippen molar-refractivity contribution in [2.75, 3.05) is 13.2 Å². The van der Waals surface area contributed by atoms with E-state index in [-0.39, 0.29) is 5.97 Å². The highest BCUT2D eigenvalue weighted by atomic mass is 16.6. The van der Waals surface area contributed by atoms with Crippen molar-refractivity contribution in [2.45, 2.75) is 90.4 Å². The van der Waals surface area contributed by atoms with Crippen LogP contribution in [0.15, 0.2) is 60.7 Å². The van der Waals surface area contributed by atoms with Crippen LogP contribution in [0, 0.1) is 0 Å². The molecule has 0 heterocycles. The minimum Gasteiger partial charge on any atom is -0.457 e. The topological polar surface area (TPSA) is 44.8 Å². The summed E-state index contributed by atoms with van der Waals surface area (Å²) >= 11 is 0. The first-order valence-electron chi connectivity index (χ1n) is 12.7. The minimum atomic E-state index is -0.400. The molecule has 0 aliphatic carbocycles. The van der Waals surface area contributed by atoms with Crippen LogP contribution in [0.4, 0.5) is 0 Å². The quantitative estimate of drug-likeness (QED) is 0.166. The Morgan fingerprint density at radius 2 is 1.12 bits per heavy atom. The molecule has 4 nitrogen and oxygen atoms in total. The highest BCUT2D eigenvalue weighted by molar-refractivity contribution is 5.69. The normalized spacial score (nSPS) is 11.1. The van der Waals surface area contributed by atoms with E-state index in [0.717, 1.165) is 24.0 Å². The summed E-state index contributed by atoms with van der Waals surface area (Å²) in [5.74, 6) is -0.158. The smallest absolute Gasteiger partial charge is 0.306 e. The van der Waals surface area contributed by atoms with E-state index in [2.05, 4.69) is 6.92 Å². The molecule has 0 fully saturated rings. The van der Waals surface area contributed by atoms with Gasteiger partial charge in [0.05, 0.1) is 26.4 Å². The molecule has 0 aliphatic heterocycles.